The molecule has 1 aromatic heterocycles. The fourth-order valence-corrected chi connectivity index (χ4v) is 3.47. The summed E-state index contributed by atoms with van der Waals surface area (Å²) in [5.41, 5.74) is 0. The first-order valence-electron chi connectivity index (χ1n) is 7.60. The average molecular weight is 371 g/mol. The van der Waals surface area contributed by atoms with Crippen molar-refractivity contribution in [2.24, 2.45) is 0 Å². The van der Waals surface area contributed by atoms with Crippen LogP contribution in [-0.2, 0) is 4.74 Å². The molecule has 0 bridgehead atoms. The normalized spacial score (nSPS) is 23.0. The first kappa shape index (κ1) is 15.4. The molecule has 0 radical (unpaired) electrons. The molecule has 6 nitrogen and oxygen atoms in total. The standard InChI is InChI=1S/C15H19BrN2O4/c1-2-10-9-21-15(20)18(10)11-5-7-17(8-6-11)14(19)12-3-4-13(16)22-12/h3-4,10-11H,2,5-9H2,1H3. The zero-order valence-corrected chi connectivity index (χ0v) is 14.0. The molecule has 1 atom stereocenters. The van der Waals surface area contributed by atoms with Gasteiger partial charge in [-0.25, -0.2) is 4.79 Å². The lowest BCUT2D eigenvalue weighted by molar-refractivity contribution is 0.0604. The van der Waals surface area contributed by atoms with E-state index in [4.69, 9.17) is 9.15 Å². The Hall–Kier alpha value is -1.50. The van der Waals surface area contributed by atoms with Crippen molar-refractivity contribution in [3.63, 3.8) is 0 Å². The summed E-state index contributed by atoms with van der Waals surface area (Å²) in [4.78, 5) is 27.9. The molecule has 2 amide bonds. The Morgan fingerprint density at radius 3 is 2.68 bits per heavy atom. The average Bonchev–Trinajstić information content (AvgIpc) is 3.12. The number of ether oxygens (including phenoxy) is 1. The van der Waals surface area contributed by atoms with Gasteiger partial charge >= 0.3 is 6.09 Å². The summed E-state index contributed by atoms with van der Waals surface area (Å²) >= 11 is 3.20. The van der Waals surface area contributed by atoms with Gasteiger partial charge in [0.15, 0.2) is 10.4 Å². The van der Waals surface area contributed by atoms with Gasteiger partial charge in [-0.05, 0) is 47.3 Å². The van der Waals surface area contributed by atoms with Crippen LogP contribution in [0.1, 0.15) is 36.7 Å². The van der Waals surface area contributed by atoms with E-state index in [-0.39, 0.29) is 24.1 Å². The number of hydrogen-bond acceptors (Lipinski definition) is 4. The highest BCUT2D eigenvalue weighted by Crippen LogP contribution is 2.26. The Morgan fingerprint density at radius 1 is 1.36 bits per heavy atom. The molecule has 1 aromatic rings. The minimum atomic E-state index is -0.216. The van der Waals surface area contributed by atoms with Gasteiger partial charge in [0.2, 0.25) is 0 Å². The monoisotopic (exact) mass is 370 g/mol. The number of piperidine rings is 1. The maximum atomic E-state index is 12.3. The maximum absolute atomic E-state index is 12.3. The largest absolute Gasteiger partial charge is 0.447 e. The number of cyclic esters (lactones) is 1. The van der Waals surface area contributed by atoms with Crippen molar-refractivity contribution < 1.29 is 18.7 Å². The summed E-state index contributed by atoms with van der Waals surface area (Å²) < 4.78 is 11.0. The number of nitrogens with zero attached hydrogens (tertiary/aromatic N) is 2. The van der Waals surface area contributed by atoms with Crippen LogP contribution in [0, 0.1) is 0 Å². The molecule has 0 aliphatic carbocycles. The molecule has 2 fully saturated rings. The number of carbonyl (C=O) groups excluding carboxylic acids is 2. The molecule has 2 aliphatic heterocycles. The molecule has 3 heterocycles. The van der Waals surface area contributed by atoms with Crippen LogP contribution in [0.25, 0.3) is 0 Å². The Kier molecular flexibility index (Phi) is 4.42. The van der Waals surface area contributed by atoms with Crippen LogP contribution < -0.4 is 0 Å². The Bertz CT molecular complexity index is 566. The molecule has 22 heavy (non-hydrogen) atoms. The molecule has 0 N–H and O–H groups in total. The van der Waals surface area contributed by atoms with Gasteiger partial charge in [0.25, 0.3) is 5.91 Å². The third-order valence-corrected chi connectivity index (χ3v) is 4.83. The van der Waals surface area contributed by atoms with Crippen molar-refractivity contribution in [3.05, 3.63) is 22.6 Å². The minimum Gasteiger partial charge on any atom is -0.447 e. The van der Waals surface area contributed by atoms with Gasteiger partial charge in [0, 0.05) is 19.1 Å². The molecule has 7 heteroatoms. The Morgan fingerprint density at radius 2 is 2.09 bits per heavy atom. The van der Waals surface area contributed by atoms with Crippen molar-refractivity contribution in [1.82, 2.24) is 9.80 Å². The number of rotatable bonds is 3. The number of halogens is 1. The summed E-state index contributed by atoms with van der Waals surface area (Å²) in [6.07, 6.45) is 2.23. The van der Waals surface area contributed by atoms with E-state index in [1.807, 2.05) is 4.90 Å². The number of carbonyl (C=O) groups is 2. The fraction of sp³-hybridized carbons (Fsp3) is 0.600. The van der Waals surface area contributed by atoms with E-state index >= 15 is 0 Å². The third-order valence-electron chi connectivity index (χ3n) is 4.40. The SMILES string of the molecule is CCC1COC(=O)N1C1CCN(C(=O)c2ccc(Br)o2)CC1. The van der Waals surface area contributed by atoms with Crippen LogP contribution in [0.4, 0.5) is 4.79 Å². The predicted molar refractivity (Wildman–Crippen MR) is 82.6 cm³/mol. The van der Waals surface area contributed by atoms with Crippen LogP contribution in [0.3, 0.4) is 0 Å². The number of hydrogen-bond donors (Lipinski definition) is 0. The fourth-order valence-electron chi connectivity index (χ4n) is 3.17. The van der Waals surface area contributed by atoms with Crippen LogP contribution in [-0.4, -0.2) is 53.6 Å². The number of amides is 2. The van der Waals surface area contributed by atoms with Crippen LogP contribution in [0.2, 0.25) is 0 Å². The highest BCUT2D eigenvalue weighted by atomic mass is 79.9. The van der Waals surface area contributed by atoms with Crippen molar-refractivity contribution in [1.29, 1.82) is 0 Å². The predicted octanol–water partition coefficient (Wildman–Crippen LogP) is 2.88. The molecule has 2 aliphatic rings. The van der Waals surface area contributed by atoms with Gasteiger partial charge in [-0.2, -0.15) is 0 Å². The van der Waals surface area contributed by atoms with E-state index in [0.29, 0.717) is 30.1 Å². The zero-order chi connectivity index (χ0) is 15.7. The Labute approximate surface area is 137 Å². The number of likely N-dealkylation sites (tertiary alicyclic amines) is 1. The van der Waals surface area contributed by atoms with E-state index in [2.05, 4.69) is 22.9 Å². The maximum Gasteiger partial charge on any atom is 0.410 e. The summed E-state index contributed by atoms with van der Waals surface area (Å²) in [5, 5.41) is 0. The molecular weight excluding hydrogens is 352 g/mol. The van der Waals surface area contributed by atoms with Crippen molar-refractivity contribution in [2.45, 2.75) is 38.3 Å². The second-order valence-electron chi connectivity index (χ2n) is 5.67. The van der Waals surface area contributed by atoms with E-state index in [9.17, 15) is 9.59 Å². The quantitative estimate of drug-likeness (QED) is 0.820. The molecule has 2 saturated heterocycles. The Balaban J connectivity index is 1.60. The first-order chi connectivity index (χ1) is 10.6. The highest BCUT2D eigenvalue weighted by Gasteiger charge is 2.39. The summed E-state index contributed by atoms with van der Waals surface area (Å²) in [6, 6.07) is 3.71. The van der Waals surface area contributed by atoms with Crippen molar-refractivity contribution in [2.75, 3.05) is 19.7 Å². The lowest BCUT2D eigenvalue weighted by Gasteiger charge is -2.37. The lowest BCUT2D eigenvalue weighted by atomic mass is 10.0. The van der Waals surface area contributed by atoms with Gasteiger partial charge in [0.05, 0.1) is 6.04 Å². The van der Waals surface area contributed by atoms with Crippen LogP contribution in [0.15, 0.2) is 21.2 Å². The molecule has 3 rings (SSSR count). The molecule has 1 unspecified atom stereocenters. The molecule has 0 spiro atoms. The molecule has 0 aromatic carbocycles. The lowest BCUT2D eigenvalue weighted by Crippen LogP contribution is -2.49. The second kappa shape index (κ2) is 6.32. The van der Waals surface area contributed by atoms with E-state index in [1.165, 1.54) is 0 Å². The summed E-state index contributed by atoms with van der Waals surface area (Å²) in [6.45, 7) is 3.80. The van der Waals surface area contributed by atoms with Gasteiger partial charge in [-0.3, -0.25) is 9.69 Å². The summed E-state index contributed by atoms with van der Waals surface area (Å²) in [7, 11) is 0. The topological polar surface area (TPSA) is 63.0 Å². The third kappa shape index (κ3) is 2.86. The van der Waals surface area contributed by atoms with E-state index in [1.54, 1.807) is 17.0 Å². The van der Waals surface area contributed by atoms with E-state index < -0.39 is 0 Å². The van der Waals surface area contributed by atoms with Crippen molar-refractivity contribution in [3.8, 4) is 0 Å². The minimum absolute atomic E-state index is 0.0970. The van der Waals surface area contributed by atoms with Gasteiger partial charge in [-0.1, -0.05) is 6.92 Å². The first-order valence-corrected chi connectivity index (χ1v) is 8.39. The van der Waals surface area contributed by atoms with Crippen LogP contribution >= 0.6 is 15.9 Å². The second-order valence-corrected chi connectivity index (χ2v) is 6.45. The molecule has 120 valence electrons. The van der Waals surface area contributed by atoms with Crippen molar-refractivity contribution >= 4 is 27.9 Å². The van der Waals surface area contributed by atoms with Gasteiger partial charge < -0.3 is 14.1 Å². The van der Waals surface area contributed by atoms with Gasteiger partial charge in [-0.15, -0.1) is 0 Å². The van der Waals surface area contributed by atoms with Gasteiger partial charge in [0.1, 0.15) is 6.61 Å². The number of furan rings is 1. The van der Waals surface area contributed by atoms with Crippen LogP contribution in [0.5, 0.6) is 0 Å². The zero-order valence-electron chi connectivity index (χ0n) is 12.5. The van der Waals surface area contributed by atoms with E-state index in [0.717, 1.165) is 19.3 Å². The highest BCUT2D eigenvalue weighted by molar-refractivity contribution is 9.10. The molecular formula is C15H19BrN2O4. The molecule has 0 saturated carbocycles. The smallest absolute Gasteiger partial charge is 0.410 e. The summed E-state index contributed by atoms with van der Waals surface area (Å²) in [5.74, 6) is 0.248.